The summed E-state index contributed by atoms with van der Waals surface area (Å²) in [7, 11) is -0.310. The van der Waals surface area contributed by atoms with E-state index in [1.807, 2.05) is 17.2 Å². The van der Waals surface area contributed by atoms with Crippen molar-refractivity contribution < 1.29 is 8.78 Å². The predicted molar refractivity (Wildman–Crippen MR) is 77.2 cm³/mol. The molecule has 1 unspecified atom stereocenters. The van der Waals surface area contributed by atoms with Gasteiger partial charge >= 0.3 is 0 Å². The number of hydrogen-bond donors (Lipinski definition) is 0. The standard InChI is InChI=1S/C14H12F2N2S/c1-19-9-8-18-7-3-5-11(14(18)17-19)10-4-2-6-12(15)13(10)16/h2-7H,1,8-9H2. The second-order valence-corrected chi connectivity index (χ2v) is 5.81. The van der Waals surface area contributed by atoms with Crippen molar-refractivity contribution in [1.29, 1.82) is 0 Å². The lowest BCUT2D eigenvalue weighted by molar-refractivity contribution is 0.506. The van der Waals surface area contributed by atoms with Crippen molar-refractivity contribution in [2.24, 2.45) is 4.40 Å². The molecule has 2 aliphatic heterocycles. The first-order chi connectivity index (χ1) is 9.16. The van der Waals surface area contributed by atoms with E-state index in [1.54, 1.807) is 12.1 Å². The maximum absolute atomic E-state index is 13.9. The summed E-state index contributed by atoms with van der Waals surface area (Å²) >= 11 is 0. The third-order valence-electron chi connectivity index (χ3n) is 3.07. The predicted octanol–water partition coefficient (Wildman–Crippen LogP) is 3.21. The Labute approximate surface area is 112 Å². The highest BCUT2D eigenvalue weighted by atomic mass is 32.2. The van der Waals surface area contributed by atoms with E-state index in [0.29, 0.717) is 11.4 Å². The van der Waals surface area contributed by atoms with Crippen LogP contribution in [0, 0.1) is 11.6 Å². The zero-order valence-corrected chi connectivity index (χ0v) is 11.0. The van der Waals surface area contributed by atoms with Gasteiger partial charge < -0.3 is 4.90 Å². The summed E-state index contributed by atoms with van der Waals surface area (Å²) in [5.41, 5.74) is 0.854. The molecule has 1 aromatic carbocycles. The molecule has 0 fully saturated rings. The number of fused-ring (bicyclic) bond motifs is 1. The number of allylic oxidation sites excluding steroid dienone is 2. The molecule has 1 atom stereocenters. The Balaban J connectivity index is 2.13. The van der Waals surface area contributed by atoms with Gasteiger partial charge in [0.05, 0.1) is 0 Å². The van der Waals surface area contributed by atoms with E-state index < -0.39 is 11.6 Å². The van der Waals surface area contributed by atoms with Crippen molar-refractivity contribution in [3.63, 3.8) is 0 Å². The third kappa shape index (κ3) is 2.14. The first kappa shape index (κ1) is 12.3. The average Bonchev–Trinajstić information content (AvgIpc) is 2.41. The summed E-state index contributed by atoms with van der Waals surface area (Å²) in [5, 5.41) is 0. The Morgan fingerprint density at radius 2 is 2.16 bits per heavy atom. The second-order valence-electron chi connectivity index (χ2n) is 4.30. The first-order valence-electron chi connectivity index (χ1n) is 5.86. The molecule has 2 nitrogen and oxygen atoms in total. The quantitative estimate of drug-likeness (QED) is 0.720. The van der Waals surface area contributed by atoms with Crippen molar-refractivity contribution in [3.8, 4) is 0 Å². The molecule has 0 saturated heterocycles. The van der Waals surface area contributed by atoms with Gasteiger partial charge in [0.2, 0.25) is 0 Å². The molecule has 3 rings (SSSR count). The van der Waals surface area contributed by atoms with Gasteiger partial charge in [-0.25, -0.2) is 13.2 Å². The number of benzene rings is 1. The van der Waals surface area contributed by atoms with E-state index in [1.165, 1.54) is 6.07 Å². The van der Waals surface area contributed by atoms with Crippen LogP contribution in [0.3, 0.4) is 0 Å². The molecule has 0 aromatic heterocycles. The summed E-state index contributed by atoms with van der Waals surface area (Å²) in [6, 6.07) is 4.19. The SMILES string of the molecule is C=S1CCN2C=CC=C(c3cccc(F)c3F)C2=N1. The smallest absolute Gasteiger partial charge is 0.166 e. The fourth-order valence-corrected chi connectivity index (χ4v) is 3.07. The van der Waals surface area contributed by atoms with Crippen molar-refractivity contribution in [2.75, 3.05) is 12.3 Å². The third-order valence-corrected chi connectivity index (χ3v) is 4.15. The molecule has 0 saturated carbocycles. The van der Waals surface area contributed by atoms with E-state index in [9.17, 15) is 8.78 Å². The van der Waals surface area contributed by atoms with Gasteiger partial charge in [-0.1, -0.05) is 28.7 Å². The average molecular weight is 278 g/mol. The zero-order valence-electron chi connectivity index (χ0n) is 10.1. The van der Waals surface area contributed by atoms with Gasteiger partial charge in [-0.15, -0.1) is 0 Å². The molecular formula is C14H12F2N2S. The van der Waals surface area contributed by atoms with Gasteiger partial charge in [0.1, 0.15) is 5.84 Å². The molecular weight excluding hydrogens is 266 g/mol. The van der Waals surface area contributed by atoms with Gasteiger partial charge in [0, 0.05) is 29.6 Å². The van der Waals surface area contributed by atoms with E-state index in [4.69, 9.17) is 0 Å². The summed E-state index contributed by atoms with van der Waals surface area (Å²) in [6.45, 7) is 0.802. The van der Waals surface area contributed by atoms with Gasteiger partial charge in [-0.3, -0.25) is 0 Å². The number of amidine groups is 1. The first-order valence-corrected chi connectivity index (χ1v) is 7.38. The lowest BCUT2D eigenvalue weighted by Gasteiger charge is -2.30. The highest BCUT2D eigenvalue weighted by Gasteiger charge is 2.24. The van der Waals surface area contributed by atoms with E-state index in [-0.39, 0.29) is 16.2 Å². The summed E-state index contributed by atoms with van der Waals surface area (Å²) in [6.07, 6.45) is 5.48. The largest absolute Gasteiger partial charge is 0.331 e. The van der Waals surface area contributed by atoms with Crippen LogP contribution in [-0.4, -0.2) is 28.9 Å². The molecule has 2 aliphatic rings. The Hall–Kier alpha value is -1.75. The van der Waals surface area contributed by atoms with Crippen LogP contribution >= 0.6 is 10.7 Å². The van der Waals surface area contributed by atoms with E-state index >= 15 is 0 Å². The molecule has 0 radical (unpaired) electrons. The summed E-state index contributed by atoms with van der Waals surface area (Å²) < 4.78 is 31.7. The Kier molecular flexibility index (Phi) is 3.06. The zero-order chi connectivity index (χ0) is 13.4. The molecule has 0 N–H and O–H groups in total. The lowest BCUT2D eigenvalue weighted by Crippen LogP contribution is -2.33. The van der Waals surface area contributed by atoms with Crippen LogP contribution in [-0.2, 0) is 0 Å². The fraction of sp³-hybridized carbons (Fsp3) is 0.143. The van der Waals surface area contributed by atoms with Gasteiger partial charge in [-0.2, -0.15) is 0 Å². The van der Waals surface area contributed by atoms with Crippen molar-refractivity contribution in [3.05, 3.63) is 53.7 Å². The number of hydrogen-bond acceptors (Lipinski definition) is 2. The number of nitrogens with zero attached hydrogens (tertiary/aromatic N) is 2. The van der Waals surface area contributed by atoms with Gasteiger partial charge in [0.15, 0.2) is 11.6 Å². The van der Waals surface area contributed by atoms with Gasteiger partial charge in [0.25, 0.3) is 0 Å². The van der Waals surface area contributed by atoms with E-state index in [2.05, 4.69) is 10.3 Å². The minimum atomic E-state index is -0.843. The maximum atomic E-state index is 13.9. The molecule has 2 heterocycles. The van der Waals surface area contributed by atoms with Crippen molar-refractivity contribution >= 4 is 27.9 Å². The van der Waals surface area contributed by atoms with Crippen molar-refractivity contribution in [1.82, 2.24) is 4.90 Å². The van der Waals surface area contributed by atoms with Crippen LogP contribution in [0.25, 0.3) is 5.57 Å². The van der Waals surface area contributed by atoms with Crippen LogP contribution in [0.15, 0.2) is 40.9 Å². The molecule has 1 aromatic rings. The molecule has 0 bridgehead atoms. The topological polar surface area (TPSA) is 15.6 Å². The minimum Gasteiger partial charge on any atom is -0.331 e. The minimum absolute atomic E-state index is 0.243. The monoisotopic (exact) mass is 278 g/mol. The summed E-state index contributed by atoms with van der Waals surface area (Å²) in [5.74, 6) is 3.83. The van der Waals surface area contributed by atoms with Crippen LogP contribution in [0.5, 0.6) is 0 Å². The molecule has 98 valence electrons. The maximum Gasteiger partial charge on any atom is 0.166 e. The molecule has 0 amide bonds. The highest BCUT2D eigenvalue weighted by molar-refractivity contribution is 8.13. The second kappa shape index (κ2) is 4.74. The number of halogens is 2. The molecule has 0 aliphatic carbocycles. The Morgan fingerprint density at radius 3 is 3.00 bits per heavy atom. The van der Waals surface area contributed by atoms with E-state index in [0.717, 1.165) is 18.4 Å². The van der Waals surface area contributed by atoms with Gasteiger partial charge in [-0.05, 0) is 18.2 Å². The number of rotatable bonds is 1. The lowest BCUT2D eigenvalue weighted by atomic mass is 10.0. The Bertz CT molecular complexity index is 647. The van der Waals surface area contributed by atoms with Crippen LogP contribution < -0.4 is 0 Å². The summed E-state index contributed by atoms with van der Waals surface area (Å²) in [4.78, 5) is 1.95. The van der Waals surface area contributed by atoms with Crippen LogP contribution in [0.1, 0.15) is 5.56 Å². The van der Waals surface area contributed by atoms with Crippen LogP contribution in [0.4, 0.5) is 8.78 Å². The molecule has 0 spiro atoms. The normalized spacial score (nSPS) is 21.8. The van der Waals surface area contributed by atoms with Crippen molar-refractivity contribution in [2.45, 2.75) is 0 Å². The van der Waals surface area contributed by atoms with Crippen LogP contribution in [0.2, 0.25) is 0 Å². The Morgan fingerprint density at radius 1 is 1.32 bits per heavy atom. The highest BCUT2D eigenvalue weighted by Crippen LogP contribution is 2.30. The fourth-order valence-electron chi connectivity index (χ4n) is 2.12. The molecule has 19 heavy (non-hydrogen) atoms. The molecule has 5 heteroatoms.